The molecule has 0 aromatic carbocycles. The maximum atomic E-state index is 11.4. The van der Waals surface area contributed by atoms with Gasteiger partial charge in [0.15, 0.2) is 5.78 Å². The van der Waals surface area contributed by atoms with E-state index in [1.165, 1.54) is 18.7 Å². The molecule has 0 N–H and O–H groups in total. The molecule has 2 aromatic heterocycles. The highest BCUT2D eigenvalue weighted by atomic mass is 16.5. The molecule has 0 atom stereocenters. The Hall–Kier alpha value is -2.24. The molecule has 2 heterocycles. The van der Waals surface area contributed by atoms with Crippen LogP contribution < -0.4 is 4.74 Å². The Morgan fingerprint density at radius 2 is 2.06 bits per heavy atom. The summed E-state index contributed by atoms with van der Waals surface area (Å²) in [6.07, 6.45) is 3.17. The number of rotatable bonds is 3. The SMILES string of the molecule is COc1cc(C(C)=O)n(-c2ncccn2)n1. The van der Waals surface area contributed by atoms with E-state index in [0.29, 0.717) is 17.5 Å². The second kappa shape index (κ2) is 4.09. The molecule has 2 aromatic rings. The fourth-order valence-corrected chi connectivity index (χ4v) is 1.26. The van der Waals surface area contributed by atoms with Crippen LogP contribution in [0.5, 0.6) is 5.88 Å². The van der Waals surface area contributed by atoms with Gasteiger partial charge in [-0.1, -0.05) is 0 Å². The molecule has 0 bridgehead atoms. The van der Waals surface area contributed by atoms with Crippen LogP contribution in [0.1, 0.15) is 17.4 Å². The van der Waals surface area contributed by atoms with E-state index in [9.17, 15) is 4.79 Å². The Bertz CT molecular complexity index is 507. The maximum Gasteiger partial charge on any atom is 0.251 e. The molecule has 0 saturated carbocycles. The molecule has 0 aliphatic carbocycles. The van der Waals surface area contributed by atoms with E-state index in [2.05, 4.69) is 15.1 Å². The molecule has 0 aliphatic rings. The summed E-state index contributed by atoms with van der Waals surface area (Å²) in [6, 6.07) is 3.25. The van der Waals surface area contributed by atoms with Crippen LogP contribution in [0.2, 0.25) is 0 Å². The Morgan fingerprint density at radius 1 is 1.38 bits per heavy atom. The number of carbonyl (C=O) groups excluding carboxylic acids is 1. The van der Waals surface area contributed by atoms with Crippen LogP contribution in [0.15, 0.2) is 24.5 Å². The van der Waals surface area contributed by atoms with E-state index in [0.717, 1.165) is 0 Å². The minimum Gasteiger partial charge on any atom is -0.480 e. The minimum absolute atomic E-state index is 0.122. The summed E-state index contributed by atoms with van der Waals surface area (Å²) < 4.78 is 6.33. The zero-order chi connectivity index (χ0) is 11.5. The van der Waals surface area contributed by atoms with Gasteiger partial charge in [-0.25, -0.2) is 9.97 Å². The monoisotopic (exact) mass is 218 g/mol. The third-order valence-corrected chi connectivity index (χ3v) is 2.00. The lowest BCUT2D eigenvalue weighted by molar-refractivity contribution is 0.101. The lowest BCUT2D eigenvalue weighted by Gasteiger charge is -2.00. The molecular formula is C10H10N4O2. The summed E-state index contributed by atoms with van der Waals surface area (Å²) in [5.41, 5.74) is 0.392. The van der Waals surface area contributed by atoms with Gasteiger partial charge in [0.25, 0.3) is 5.95 Å². The van der Waals surface area contributed by atoms with Crippen molar-refractivity contribution >= 4 is 5.78 Å². The molecule has 0 spiro atoms. The summed E-state index contributed by atoms with van der Waals surface area (Å²) in [4.78, 5) is 19.4. The Labute approximate surface area is 91.9 Å². The van der Waals surface area contributed by atoms with E-state index in [1.54, 1.807) is 24.5 Å². The molecule has 6 nitrogen and oxygen atoms in total. The number of Topliss-reactive ketones (excluding diaryl/α,β-unsaturated/α-hetero) is 1. The average Bonchev–Trinajstić information content (AvgIpc) is 2.74. The molecule has 82 valence electrons. The highest BCUT2D eigenvalue weighted by Gasteiger charge is 2.14. The number of aromatic nitrogens is 4. The standard InChI is InChI=1S/C10H10N4O2/c1-7(15)8-6-9(16-2)13-14(8)10-11-4-3-5-12-10/h3-6H,1-2H3. The largest absolute Gasteiger partial charge is 0.480 e. The molecule has 6 heteroatoms. The van der Waals surface area contributed by atoms with E-state index in [4.69, 9.17) is 4.74 Å². The third kappa shape index (κ3) is 1.77. The molecule has 0 saturated heterocycles. The number of hydrogen-bond acceptors (Lipinski definition) is 5. The Morgan fingerprint density at radius 3 is 2.62 bits per heavy atom. The zero-order valence-corrected chi connectivity index (χ0v) is 8.91. The lowest BCUT2D eigenvalue weighted by atomic mass is 10.3. The molecule has 2 rings (SSSR count). The first-order valence-corrected chi connectivity index (χ1v) is 4.64. The van der Waals surface area contributed by atoms with Gasteiger partial charge in [0.05, 0.1) is 7.11 Å². The number of hydrogen-bond donors (Lipinski definition) is 0. The van der Waals surface area contributed by atoms with Gasteiger partial charge >= 0.3 is 0 Å². The molecular weight excluding hydrogens is 208 g/mol. The van der Waals surface area contributed by atoms with Gasteiger partial charge in [-0.15, -0.1) is 5.10 Å². The highest BCUT2D eigenvalue weighted by Crippen LogP contribution is 2.14. The quantitative estimate of drug-likeness (QED) is 0.715. The predicted octanol–water partition coefficient (Wildman–Crippen LogP) is 0.873. The van der Waals surface area contributed by atoms with Crippen LogP contribution in [0, 0.1) is 0 Å². The van der Waals surface area contributed by atoms with Crippen LogP contribution in [0.4, 0.5) is 0 Å². The van der Waals surface area contributed by atoms with Crippen LogP contribution in [0.25, 0.3) is 5.95 Å². The Kier molecular flexibility index (Phi) is 2.63. The summed E-state index contributed by atoms with van der Waals surface area (Å²) in [7, 11) is 1.49. The Balaban J connectivity index is 2.55. The van der Waals surface area contributed by atoms with Crippen LogP contribution in [-0.4, -0.2) is 32.6 Å². The predicted molar refractivity (Wildman–Crippen MR) is 55.7 cm³/mol. The van der Waals surface area contributed by atoms with Crippen LogP contribution >= 0.6 is 0 Å². The number of methoxy groups -OCH3 is 1. The summed E-state index contributed by atoms with van der Waals surface area (Å²) >= 11 is 0. The van der Waals surface area contributed by atoms with Gasteiger partial charge in [0.2, 0.25) is 5.88 Å². The van der Waals surface area contributed by atoms with Crippen molar-refractivity contribution in [3.05, 3.63) is 30.2 Å². The molecule has 0 aliphatic heterocycles. The average molecular weight is 218 g/mol. The maximum absolute atomic E-state index is 11.4. The summed E-state index contributed by atoms with van der Waals surface area (Å²) in [6.45, 7) is 1.45. The van der Waals surface area contributed by atoms with Crippen molar-refractivity contribution in [1.29, 1.82) is 0 Å². The lowest BCUT2D eigenvalue weighted by Crippen LogP contribution is -2.09. The molecule has 0 radical (unpaired) electrons. The smallest absolute Gasteiger partial charge is 0.251 e. The van der Waals surface area contributed by atoms with Crippen molar-refractivity contribution in [2.24, 2.45) is 0 Å². The molecule has 0 amide bonds. The van der Waals surface area contributed by atoms with E-state index in [1.807, 2.05) is 0 Å². The number of ether oxygens (including phenoxy) is 1. The first-order chi connectivity index (χ1) is 7.72. The fourth-order valence-electron chi connectivity index (χ4n) is 1.26. The van der Waals surface area contributed by atoms with Gasteiger partial charge in [-0.05, 0) is 6.07 Å². The molecule has 0 fully saturated rings. The van der Waals surface area contributed by atoms with Gasteiger partial charge in [0, 0.05) is 25.4 Å². The number of carbonyl (C=O) groups is 1. The third-order valence-electron chi connectivity index (χ3n) is 2.00. The van der Waals surface area contributed by atoms with Gasteiger partial charge < -0.3 is 4.74 Å². The van der Waals surface area contributed by atoms with Gasteiger partial charge in [0.1, 0.15) is 5.69 Å². The van der Waals surface area contributed by atoms with E-state index < -0.39 is 0 Å². The first-order valence-electron chi connectivity index (χ1n) is 4.64. The zero-order valence-electron chi connectivity index (χ0n) is 8.91. The number of ketones is 1. The summed E-state index contributed by atoms with van der Waals surface area (Å²) in [5, 5.41) is 4.07. The van der Waals surface area contributed by atoms with Crippen molar-refractivity contribution in [1.82, 2.24) is 19.7 Å². The van der Waals surface area contributed by atoms with Crippen molar-refractivity contribution in [3.63, 3.8) is 0 Å². The van der Waals surface area contributed by atoms with Crippen molar-refractivity contribution in [3.8, 4) is 11.8 Å². The van der Waals surface area contributed by atoms with Gasteiger partial charge in [-0.3, -0.25) is 4.79 Å². The van der Waals surface area contributed by atoms with Gasteiger partial charge in [-0.2, -0.15) is 4.68 Å². The fraction of sp³-hybridized carbons (Fsp3) is 0.200. The number of nitrogens with zero attached hydrogens (tertiary/aromatic N) is 4. The summed E-state index contributed by atoms with van der Waals surface area (Å²) in [5.74, 6) is 0.580. The first kappa shape index (κ1) is 10.3. The van der Waals surface area contributed by atoms with Crippen molar-refractivity contribution in [2.75, 3.05) is 7.11 Å². The van der Waals surface area contributed by atoms with Crippen molar-refractivity contribution < 1.29 is 9.53 Å². The molecule has 16 heavy (non-hydrogen) atoms. The van der Waals surface area contributed by atoms with E-state index >= 15 is 0 Å². The van der Waals surface area contributed by atoms with Crippen LogP contribution in [-0.2, 0) is 0 Å². The van der Waals surface area contributed by atoms with Crippen molar-refractivity contribution in [2.45, 2.75) is 6.92 Å². The minimum atomic E-state index is -0.122. The second-order valence-electron chi connectivity index (χ2n) is 3.09. The second-order valence-corrected chi connectivity index (χ2v) is 3.09. The topological polar surface area (TPSA) is 69.9 Å². The van der Waals surface area contributed by atoms with Crippen LogP contribution in [0.3, 0.4) is 0 Å². The molecule has 0 unspecified atom stereocenters. The highest BCUT2D eigenvalue weighted by molar-refractivity contribution is 5.93. The normalized spacial score (nSPS) is 10.1. The van der Waals surface area contributed by atoms with E-state index in [-0.39, 0.29) is 5.78 Å².